The number of fused-ring (bicyclic) bond motifs is 1. The standard InChI is InChI=1S/C14H20N4O2/c1-3-6-15-11-8-20-7-9(11)13-16-10-4-5-12(19-2)17-14(10)18-13/h4-5,9,11,15H,3,6-8H2,1-2H3,(H,16,17,18). The van der Waals surface area contributed by atoms with Gasteiger partial charge in [0.15, 0.2) is 5.65 Å². The maximum Gasteiger partial charge on any atom is 0.215 e. The number of nitrogens with zero attached hydrogens (tertiary/aromatic N) is 2. The van der Waals surface area contributed by atoms with E-state index in [0.29, 0.717) is 24.2 Å². The first-order chi connectivity index (χ1) is 9.81. The fourth-order valence-corrected chi connectivity index (χ4v) is 2.54. The van der Waals surface area contributed by atoms with Crippen molar-refractivity contribution in [1.29, 1.82) is 0 Å². The molecule has 2 atom stereocenters. The summed E-state index contributed by atoms with van der Waals surface area (Å²) < 4.78 is 10.7. The summed E-state index contributed by atoms with van der Waals surface area (Å²) in [5.74, 6) is 1.77. The van der Waals surface area contributed by atoms with E-state index >= 15 is 0 Å². The quantitative estimate of drug-likeness (QED) is 0.864. The van der Waals surface area contributed by atoms with E-state index < -0.39 is 0 Å². The molecule has 0 saturated carbocycles. The number of aromatic nitrogens is 3. The van der Waals surface area contributed by atoms with E-state index in [9.17, 15) is 0 Å². The average Bonchev–Trinajstić information content (AvgIpc) is 3.09. The van der Waals surface area contributed by atoms with Crippen LogP contribution in [0, 0.1) is 0 Å². The Morgan fingerprint density at radius 3 is 3.10 bits per heavy atom. The summed E-state index contributed by atoms with van der Waals surface area (Å²) in [6.07, 6.45) is 1.11. The molecular weight excluding hydrogens is 256 g/mol. The van der Waals surface area contributed by atoms with Gasteiger partial charge in [-0.25, -0.2) is 4.98 Å². The van der Waals surface area contributed by atoms with Crippen LogP contribution in [0.4, 0.5) is 0 Å². The Bertz CT molecular complexity index is 584. The number of H-pyrrole nitrogens is 1. The molecule has 0 aromatic carbocycles. The second-order valence-electron chi connectivity index (χ2n) is 5.05. The molecule has 0 bridgehead atoms. The maximum atomic E-state index is 5.59. The van der Waals surface area contributed by atoms with Crippen LogP contribution in [0.2, 0.25) is 0 Å². The third-order valence-electron chi connectivity index (χ3n) is 3.64. The zero-order valence-electron chi connectivity index (χ0n) is 11.8. The molecule has 0 radical (unpaired) electrons. The minimum absolute atomic E-state index is 0.252. The number of rotatable bonds is 5. The molecule has 0 amide bonds. The number of nitrogens with one attached hydrogen (secondary N) is 2. The lowest BCUT2D eigenvalue weighted by atomic mass is 10.0. The summed E-state index contributed by atoms with van der Waals surface area (Å²) in [6, 6.07) is 4.10. The largest absolute Gasteiger partial charge is 0.481 e. The zero-order chi connectivity index (χ0) is 13.9. The van der Waals surface area contributed by atoms with E-state index in [1.807, 2.05) is 12.1 Å². The Morgan fingerprint density at radius 2 is 2.30 bits per heavy atom. The van der Waals surface area contributed by atoms with Gasteiger partial charge in [-0.1, -0.05) is 6.92 Å². The Hall–Kier alpha value is -1.66. The molecule has 1 aliphatic heterocycles. The van der Waals surface area contributed by atoms with Crippen molar-refractivity contribution in [2.24, 2.45) is 0 Å². The van der Waals surface area contributed by atoms with E-state index in [-0.39, 0.29) is 5.92 Å². The van der Waals surface area contributed by atoms with Crippen LogP contribution in [0.1, 0.15) is 25.1 Å². The van der Waals surface area contributed by atoms with Crippen molar-refractivity contribution < 1.29 is 9.47 Å². The highest BCUT2D eigenvalue weighted by Gasteiger charge is 2.31. The summed E-state index contributed by atoms with van der Waals surface area (Å²) in [6.45, 7) is 4.59. The van der Waals surface area contributed by atoms with Gasteiger partial charge in [0.25, 0.3) is 0 Å². The van der Waals surface area contributed by atoms with Gasteiger partial charge in [0.1, 0.15) is 5.82 Å². The van der Waals surface area contributed by atoms with Gasteiger partial charge in [-0.3, -0.25) is 0 Å². The van der Waals surface area contributed by atoms with E-state index in [0.717, 1.165) is 30.9 Å². The molecule has 1 aliphatic rings. The highest BCUT2D eigenvalue weighted by molar-refractivity contribution is 5.71. The summed E-state index contributed by atoms with van der Waals surface area (Å²) in [5, 5.41) is 3.52. The van der Waals surface area contributed by atoms with Crippen molar-refractivity contribution in [2.75, 3.05) is 26.9 Å². The predicted molar refractivity (Wildman–Crippen MR) is 76.1 cm³/mol. The minimum atomic E-state index is 0.252. The molecule has 3 rings (SSSR count). The monoisotopic (exact) mass is 276 g/mol. The molecule has 1 fully saturated rings. The van der Waals surface area contributed by atoms with Gasteiger partial charge in [-0.05, 0) is 19.0 Å². The second-order valence-corrected chi connectivity index (χ2v) is 5.05. The van der Waals surface area contributed by atoms with Crippen LogP contribution in [-0.2, 0) is 4.74 Å². The molecule has 20 heavy (non-hydrogen) atoms. The highest BCUT2D eigenvalue weighted by Crippen LogP contribution is 2.26. The highest BCUT2D eigenvalue weighted by atomic mass is 16.5. The van der Waals surface area contributed by atoms with Crippen LogP contribution in [0.3, 0.4) is 0 Å². The van der Waals surface area contributed by atoms with Gasteiger partial charge in [0.2, 0.25) is 5.88 Å². The summed E-state index contributed by atoms with van der Waals surface area (Å²) in [4.78, 5) is 12.3. The number of methoxy groups -OCH3 is 1. The van der Waals surface area contributed by atoms with E-state index in [1.165, 1.54) is 0 Å². The SMILES string of the molecule is CCCNC1COCC1c1nc2nc(OC)ccc2[nH]1. The van der Waals surface area contributed by atoms with Crippen molar-refractivity contribution in [1.82, 2.24) is 20.3 Å². The molecule has 2 unspecified atom stereocenters. The number of hydrogen-bond acceptors (Lipinski definition) is 5. The molecule has 0 spiro atoms. The molecular formula is C14H20N4O2. The summed E-state index contributed by atoms with van der Waals surface area (Å²) in [5.41, 5.74) is 1.63. The molecule has 2 aromatic rings. The lowest BCUT2D eigenvalue weighted by Crippen LogP contribution is -2.35. The minimum Gasteiger partial charge on any atom is -0.481 e. The number of pyridine rings is 1. The van der Waals surface area contributed by atoms with Crippen LogP contribution < -0.4 is 10.1 Å². The van der Waals surface area contributed by atoms with Gasteiger partial charge < -0.3 is 19.8 Å². The molecule has 2 N–H and O–H groups in total. The lowest BCUT2D eigenvalue weighted by molar-refractivity contribution is 0.187. The third kappa shape index (κ3) is 2.48. The number of ether oxygens (including phenoxy) is 2. The number of aromatic amines is 1. The van der Waals surface area contributed by atoms with Crippen LogP contribution in [0.25, 0.3) is 11.2 Å². The normalized spacial score (nSPS) is 22.5. The van der Waals surface area contributed by atoms with Crippen LogP contribution >= 0.6 is 0 Å². The van der Waals surface area contributed by atoms with Gasteiger partial charge >= 0.3 is 0 Å². The van der Waals surface area contributed by atoms with Crippen LogP contribution in [0.15, 0.2) is 12.1 Å². The van der Waals surface area contributed by atoms with Crippen molar-refractivity contribution in [3.05, 3.63) is 18.0 Å². The predicted octanol–water partition coefficient (Wildman–Crippen LogP) is 1.45. The summed E-state index contributed by atoms with van der Waals surface area (Å²) >= 11 is 0. The van der Waals surface area contributed by atoms with Crippen LogP contribution in [-0.4, -0.2) is 47.9 Å². The summed E-state index contributed by atoms with van der Waals surface area (Å²) in [7, 11) is 1.61. The number of imidazole rings is 1. The van der Waals surface area contributed by atoms with Gasteiger partial charge in [-0.15, -0.1) is 0 Å². The van der Waals surface area contributed by atoms with Gasteiger partial charge in [0.05, 0.1) is 31.8 Å². The van der Waals surface area contributed by atoms with Crippen molar-refractivity contribution in [2.45, 2.75) is 25.3 Å². The molecule has 6 nitrogen and oxygen atoms in total. The average molecular weight is 276 g/mol. The molecule has 108 valence electrons. The van der Waals surface area contributed by atoms with Gasteiger partial charge in [0, 0.05) is 12.1 Å². The molecule has 0 aliphatic carbocycles. The molecule has 1 saturated heterocycles. The number of hydrogen-bond donors (Lipinski definition) is 2. The molecule has 3 heterocycles. The lowest BCUT2D eigenvalue weighted by Gasteiger charge is -2.16. The molecule has 6 heteroatoms. The Labute approximate surface area is 117 Å². The Kier molecular flexibility index (Phi) is 3.84. The van der Waals surface area contributed by atoms with E-state index in [2.05, 4.69) is 27.2 Å². The third-order valence-corrected chi connectivity index (χ3v) is 3.64. The van der Waals surface area contributed by atoms with E-state index in [4.69, 9.17) is 9.47 Å². The first kappa shape index (κ1) is 13.3. The first-order valence-corrected chi connectivity index (χ1v) is 7.03. The van der Waals surface area contributed by atoms with E-state index in [1.54, 1.807) is 7.11 Å². The Balaban J connectivity index is 1.85. The molecule has 2 aromatic heterocycles. The topological polar surface area (TPSA) is 72.1 Å². The van der Waals surface area contributed by atoms with Crippen LogP contribution in [0.5, 0.6) is 5.88 Å². The fraction of sp³-hybridized carbons (Fsp3) is 0.571. The maximum absolute atomic E-state index is 5.59. The Morgan fingerprint density at radius 1 is 1.40 bits per heavy atom. The van der Waals surface area contributed by atoms with Crippen molar-refractivity contribution >= 4 is 11.2 Å². The van der Waals surface area contributed by atoms with Crippen molar-refractivity contribution in [3.63, 3.8) is 0 Å². The van der Waals surface area contributed by atoms with Crippen molar-refractivity contribution in [3.8, 4) is 5.88 Å². The first-order valence-electron chi connectivity index (χ1n) is 7.03. The zero-order valence-corrected chi connectivity index (χ0v) is 11.8. The fourth-order valence-electron chi connectivity index (χ4n) is 2.54. The second kappa shape index (κ2) is 5.76. The van der Waals surface area contributed by atoms with Gasteiger partial charge in [-0.2, -0.15) is 4.98 Å². The smallest absolute Gasteiger partial charge is 0.215 e.